The molecule has 2 aromatic rings. The lowest BCUT2D eigenvalue weighted by Gasteiger charge is -2.16. The number of nitrogens with two attached hydrogens (primary N) is 1. The number of carbonyl (C=O) groups is 1. The van der Waals surface area contributed by atoms with Crippen LogP contribution in [-0.4, -0.2) is 38.7 Å². The molecule has 7 nitrogen and oxygen atoms in total. The average molecular weight is 287 g/mol. The summed E-state index contributed by atoms with van der Waals surface area (Å²) in [6.45, 7) is 0.459. The maximum Gasteiger partial charge on any atom is 0.253 e. The summed E-state index contributed by atoms with van der Waals surface area (Å²) in [7, 11) is 3.54. The van der Waals surface area contributed by atoms with E-state index in [1.54, 1.807) is 47.1 Å². The van der Waals surface area contributed by atoms with Crippen molar-refractivity contribution in [1.82, 2.24) is 14.7 Å². The molecular formula is C14H17N5O2. The fraction of sp³-hybridized carbons (Fsp3) is 0.214. The molecule has 0 saturated carbocycles. The first-order chi connectivity index (χ1) is 10.0. The molecule has 1 aromatic carbocycles. The van der Waals surface area contributed by atoms with Crippen LogP contribution in [0.25, 0.3) is 0 Å². The van der Waals surface area contributed by atoms with Crippen molar-refractivity contribution in [2.75, 3.05) is 7.05 Å². The van der Waals surface area contributed by atoms with Gasteiger partial charge in [-0.15, -0.1) is 0 Å². The Morgan fingerprint density at radius 3 is 2.81 bits per heavy atom. The highest BCUT2D eigenvalue weighted by atomic mass is 16.4. The topological polar surface area (TPSA) is 96.7 Å². The normalized spacial score (nSPS) is 11.4. The predicted octanol–water partition coefficient (Wildman–Crippen LogP) is 0.787. The third-order valence-electron chi connectivity index (χ3n) is 3.04. The Morgan fingerprint density at radius 1 is 1.48 bits per heavy atom. The van der Waals surface area contributed by atoms with E-state index in [0.29, 0.717) is 17.7 Å². The quantitative estimate of drug-likeness (QED) is 0.376. The van der Waals surface area contributed by atoms with E-state index >= 15 is 0 Å². The zero-order valence-electron chi connectivity index (χ0n) is 11.9. The molecule has 1 amide bonds. The Morgan fingerprint density at radius 2 is 2.19 bits per heavy atom. The van der Waals surface area contributed by atoms with E-state index in [1.165, 1.54) is 0 Å². The highest BCUT2D eigenvalue weighted by Gasteiger charge is 2.14. The van der Waals surface area contributed by atoms with Crippen LogP contribution in [0.1, 0.15) is 21.5 Å². The Labute approximate surface area is 122 Å². The van der Waals surface area contributed by atoms with Gasteiger partial charge < -0.3 is 15.8 Å². The first-order valence-electron chi connectivity index (χ1n) is 6.32. The molecule has 0 saturated heterocycles. The summed E-state index contributed by atoms with van der Waals surface area (Å²) in [5, 5.41) is 15.7. The standard InChI is InChI=1S/C14H17N5O2/c1-18(8-10-7-16-19(2)9-10)14(20)12-5-3-4-11(6-12)13(15)17-21/h3-7,9,21H,8H2,1-2H3,(H2,15,17). The van der Waals surface area contributed by atoms with Crippen LogP contribution >= 0.6 is 0 Å². The number of hydrogen-bond donors (Lipinski definition) is 2. The molecule has 1 heterocycles. The lowest BCUT2D eigenvalue weighted by molar-refractivity contribution is 0.0785. The number of nitrogens with zero attached hydrogens (tertiary/aromatic N) is 4. The third kappa shape index (κ3) is 3.38. The van der Waals surface area contributed by atoms with E-state index in [9.17, 15) is 4.79 Å². The Kier molecular flexibility index (Phi) is 4.22. The summed E-state index contributed by atoms with van der Waals surface area (Å²) in [6.07, 6.45) is 3.58. The van der Waals surface area contributed by atoms with Crippen molar-refractivity contribution < 1.29 is 10.0 Å². The number of amidine groups is 1. The third-order valence-corrected chi connectivity index (χ3v) is 3.04. The van der Waals surface area contributed by atoms with Crippen molar-refractivity contribution in [1.29, 1.82) is 0 Å². The van der Waals surface area contributed by atoms with Gasteiger partial charge in [0.2, 0.25) is 0 Å². The maximum absolute atomic E-state index is 12.4. The number of aryl methyl sites for hydroxylation is 1. The molecule has 2 rings (SSSR count). The van der Waals surface area contributed by atoms with Crippen LogP contribution in [0.5, 0.6) is 0 Å². The molecule has 0 bridgehead atoms. The van der Waals surface area contributed by atoms with Crippen molar-refractivity contribution >= 4 is 11.7 Å². The number of amides is 1. The van der Waals surface area contributed by atoms with Crippen LogP contribution < -0.4 is 5.73 Å². The van der Waals surface area contributed by atoms with Crippen molar-refractivity contribution in [2.24, 2.45) is 17.9 Å². The SMILES string of the molecule is CN(Cc1cnn(C)c1)C(=O)c1cccc(C(N)=NO)c1. The van der Waals surface area contributed by atoms with E-state index < -0.39 is 0 Å². The molecule has 21 heavy (non-hydrogen) atoms. The number of oxime groups is 1. The van der Waals surface area contributed by atoms with E-state index in [0.717, 1.165) is 5.56 Å². The van der Waals surface area contributed by atoms with Crippen LogP contribution in [0.3, 0.4) is 0 Å². The van der Waals surface area contributed by atoms with Gasteiger partial charge in [0.1, 0.15) is 0 Å². The van der Waals surface area contributed by atoms with Crippen molar-refractivity contribution in [3.8, 4) is 0 Å². The summed E-state index contributed by atoms with van der Waals surface area (Å²) in [4.78, 5) is 14.0. The molecule has 0 aliphatic carbocycles. The highest BCUT2D eigenvalue weighted by Crippen LogP contribution is 2.10. The average Bonchev–Trinajstić information content (AvgIpc) is 2.90. The second-order valence-corrected chi connectivity index (χ2v) is 4.75. The number of hydrogen-bond acceptors (Lipinski definition) is 4. The molecule has 0 unspecified atom stereocenters. The molecule has 0 spiro atoms. The summed E-state index contributed by atoms with van der Waals surface area (Å²) in [5.41, 5.74) is 7.45. The van der Waals surface area contributed by atoms with Gasteiger partial charge in [-0.1, -0.05) is 17.3 Å². The zero-order valence-corrected chi connectivity index (χ0v) is 11.9. The first-order valence-corrected chi connectivity index (χ1v) is 6.32. The largest absolute Gasteiger partial charge is 0.409 e. The van der Waals surface area contributed by atoms with Crippen LogP contribution in [0.2, 0.25) is 0 Å². The van der Waals surface area contributed by atoms with Gasteiger partial charge in [0, 0.05) is 43.5 Å². The fourth-order valence-corrected chi connectivity index (χ4v) is 1.99. The van der Waals surface area contributed by atoms with E-state index in [4.69, 9.17) is 10.9 Å². The Hall–Kier alpha value is -2.83. The van der Waals surface area contributed by atoms with Crippen molar-refractivity contribution in [3.63, 3.8) is 0 Å². The summed E-state index contributed by atoms with van der Waals surface area (Å²) < 4.78 is 1.69. The van der Waals surface area contributed by atoms with E-state index in [1.807, 2.05) is 13.2 Å². The predicted molar refractivity (Wildman–Crippen MR) is 78.0 cm³/mol. The lowest BCUT2D eigenvalue weighted by atomic mass is 10.1. The van der Waals surface area contributed by atoms with Crippen molar-refractivity contribution in [3.05, 3.63) is 53.3 Å². The minimum absolute atomic E-state index is 0.0282. The molecule has 0 aliphatic heterocycles. The molecular weight excluding hydrogens is 270 g/mol. The van der Waals surface area contributed by atoms with E-state index in [-0.39, 0.29) is 11.7 Å². The fourth-order valence-electron chi connectivity index (χ4n) is 1.99. The summed E-state index contributed by atoms with van der Waals surface area (Å²) >= 11 is 0. The second kappa shape index (κ2) is 6.08. The zero-order chi connectivity index (χ0) is 15.4. The smallest absolute Gasteiger partial charge is 0.253 e. The number of carbonyl (C=O) groups excluding carboxylic acids is 1. The molecule has 0 fully saturated rings. The van der Waals surface area contributed by atoms with Gasteiger partial charge in [0.15, 0.2) is 5.84 Å². The number of benzene rings is 1. The Balaban J connectivity index is 2.15. The van der Waals surface area contributed by atoms with Crippen LogP contribution in [0.4, 0.5) is 0 Å². The molecule has 0 radical (unpaired) electrons. The van der Waals surface area contributed by atoms with Gasteiger partial charge in [-0.2, -0.15) is 5.10 Å². The molecule has 1 aromatic heterocycles. The molecule has 7 heteroatoms. The number of rotatable bonds is 4. The van der Waals surface area contributed by atoms with Gasteiger partial charge in [-0.05, 0) is 12.1 Å². The molecule has 0 atom stereocenters. The second-order valence-electron chi connectivity index (χ2n) is 4.75. The van der Waals surface area contributed by atoms with E-state index in [2.05, 4.69) is 10.3 Å². The van der Waals surface area contributed by atoms with Gasteiger partial charge in [-0.25, -0.2) is 0 Å². The van der Waals surface area contributed by atoms with Gasteiger partial charge in [-0.3, -0.25) is 9.48 Å². The van der Waals surface area contributed by atoms with Crippen molar-refractivity contribution in [2.45, 2.75) is 6.54 Å². The lowest BCUT2D eigenvalue weighted by Crippen LogP contribution is -2.26. The monoisotopic (exact) mass is 287 g/mol. The van der Waals surface area contributed by atoms with Crippen LogP contribution in [0, 0.1) is 0 Å². The highest BCUT2D eigenvalue weighted by molar-refractivity contribution is 6.01. The maximum atomic E-state index is 12.4. The van der Waals surface area contributed by atoms with Gasteiger partial charge in [0.25, 0.3) is 5.91 Å². The minimum Gasteiger partial charge on any atom is -0.409 e. The molecule has 0 aliphatic rings. The van der Waals surface area contributed by atoms with Crippen LogP contribution in [0.15, 0.2) is 41.8 Å². The van der Waals surface area contributed by atoms with Gasteiger partial charge in [0.05, 0.1) is 6.20 Å². The molecule has 3 N–H and O–H groups in total. The summed E-state index contributed by atoms with van der Waals surface area (Å²) in [5.74, 6) is -0.175. The van der Waals surface area contributed by atoms with Gasteiger partial charge >= 0.3 is 0 Å². The first kappa shape index (κ1) is 14.6. The number of aromatic nitrogens is 2. The molecule has 110 valence electrons. The Bertz CT molecular complexity index is 678. The summed E-state index contributed by atoms with van der Waals surface area (Å²) in [6, 6.07) is 6.65. The minimum atomic E-state index is -0.147. The van der Waals surface area contributed by atoms with Crippen LogP contribution in [-0.2, 0) is 13.6 Å².